The highest BCUT2D eigenvalue weighted by atomic mass is 35.5. The van der Waals surface area contributed by atoms with Gasteiger partial charge in [-0.3, -0.25) is 0 Å². The molecule has 0 saturated carbocycles. The monoisotopic (exact) mass is 384 g/mol. The van der Waals surface area contributed by atoms with Crippen molar-refractivity contribution in [2.75, 3.05) is 20.3 Å². The number of allylic oxidation sites excluding steroid dienone is 1. The maximum Gasteiger partial charge on any atom is 0.260 e. The first-order chi connectivity index (χ1) is 11.4. The molecule has 1 unspecified atom stereocenters. The summed E-state index contributed by atoms with van der Waals surface area (Å²) in [5.41, 5.74) is 1.08. The van der Waals surface area contributed by atoms with Crippen molar-refractivity contribution in [3.8, 4) is 0 Å². The molecule has 0 saturated heterocycles. The van der Waals surface area contributed by atoms with E-state index in [1.54, 1.807) is 18.8 Å². The largest absolute Gasteiger partial charge is 0.419 e. The molecular formula is C17H23ClN3OS2+. The van der Waals surface area contributed by atoms with E-state index in [0.717, 1.165) is 27.2 Å². The Hall–Kier alpha value is -1.08. The average molecular weight is 385 g/mol. The van der Waals surface area contributed by atoms with Gasteiger partial charge in [-0.05, 0) is 49.1 Å². The number of nitrogens with zero attached hydrogens (tertiary/aromatic N) is 2. The van der Waals surface area contributed by atoms with E-state index >= 15 is 0 Å². The molecule has 0 bridgehead atoms. The summed E-state index contributed by atoms with van der Waals surface area (Å²) in [7, 11) is 1.76. The Kier molecular flexibility index (Phi) is 6.69. The molecule has 0 aromatic heterocycles. The van der Waals surface area contributed by atoms with Gasteiger partial charge in [-0.25, -0.2) is 9.48 Å². The first-order valence-corrected chi connectivity index (χ1v) is 9.46. The minimum atomic E-state index is 0.325. The van der Waals surface area contributed by atoms with E-state index in [9.17, 15) is 0 Å². The lowest BCUT2D eigenvalue weighted by molar-refractivity contribution is -0.803. The highest BCUT2D eigenvalue weighted by Crippen LogP contribution is 2.42. The molecular weight excluding hydrogens is 362 g/mol. The van der Waals surface area contributed by atoms with Gasteiger partial charge in [-0.2, -0.15) is 0 Å². The number of thioether (sulfide) groups is 1. The van der Waals surface area contributed by atoms with Gasteiger partial charge in [0.05, 0.1) is 6.54 Å². The Bertz CT molecular complexity index is 676. The molecule has 1 aromatic rings. The summed E-state index contributed by atoms with van der Waals surface area (Å²) in [5, 5.41) is 5.13. The lowest BCUT2D eigenvalue weighted by atomic mass is 10.1. The Morgan fingerprint density at radius 2 is 2.21 bits per heavy atom. The van der Waals surface area contributed by atoms with Crippen LogP contribution in [-0.4, -0.2) is 36.3 Å². The number of thiocarbonyl (C=S) groups is 1. The highest BCUT2D eigenvalue weighted by molar-refractivity contribution is 8.02. The molecule has 1 heterocycles. The first kappa shape index (κ1) is 19.2. The van der Waals surface area contributed by atoms with Crippen molar-refractivity contribution in [3.05, 3.63) is 40.0 Å². The van der Waals surface area contributed by atoms with Gasteiger partial charge in [0.25, 0.3) is 5.17 Å². The molecule has 1 aromatic carbocycles. The van der Waals surface area contributed by atoms with Crippen LogP contribution in [0.5, 0.6) is 0 Å². The number of aliphatic imine (C=N–C) groups is 1. The third-order valence-corrected chi connectivity index (χ3v) is 5.61. The number of quaternary nitrogens is 1. The number of hydrogen-bond donors (Lipinski definition) is 1. The summed E-state index contributed by atoms with van der Waals surface area (Å²) in [4.78, 5) is 5.78. The Morgan fingerprint density at radius 3 is 2.79 bits per heavy atom. The van der Waals surface area contributed by atoms with E-state index < -0.39 is 0 Å². The zero-order valence-corrected chi connectivity index (χ0v) is 16.8. The fourth-order valence-corrected chi connectivity index (χ4v) is 4.01. The molecule has 4 nitrogen and oxygen atoms in total. The van der Waals surface area contributed by atoms with Gasteiger partial charge in [0.2, 0.25) is 11.8 Å². The molecule has 0 fully saturated rings. The maximum atomic E-state index is 6.14. The summed E-state index contributed by atoms with van der Waals surface area (Å²) in [5.74, 6) is 0.325. The summed E-state index contributed by atoms with van der Waals surface area (Å²) in [6.07, 6.45) is 1.96. The number of ether oxygens (including phenoxy) is 1. The molecule has 1 aliphatic rings. The molecule has 7 heteroatoms. The Balaban J connectivity index is 2.35. The summed E-state index contributed by atoms with van der Waals surface area (Å²) in [6.45, 7) is 7.67. The van der Waals surface area contributed by atoms with Crippen LogP contribution in [0.1, 0.15) is 20.8 Å². The van der Waals surface area contributed by atoms with Crippen LogP contribution in [0.15, 0.2) is 44.9 Å². The molecule has 130 valence electrons. The van der Waals surface area contributed by atoms with Crippen molar-refractivity contribution in [2.45, 2.75) is 25.7 Å². The van der Waals surface area contributed by atoms with Crippen molar-refractivity contribution in [1.29, 1.82) is 0 Å². The van der Waals surface area contributed by atoms with Gasteiger partial charge in [0.15, 0.2) is 6.34 Å². The lowest BCUT2D eigenvalue weighted by Crippen LogP contribution is -2.46. The molecule has 1 atom stereocenters. The zero-order chi connectivity index (χ0) is 17.7. The number of halogens is 1. The van der Waals surface area contributed by atoms with Crippen LogP contribution in [0.2, 0.25) is 5.02 Å². The fourth-order valence-electron chi connectivity index (χ4n) is 2.34. The third kappa shape index (κ3) is 4.30. The first-order valence-electron chi connectivity index (χ1n) is 7.86. The zero-order valence-electron chi connectivity index (χ0n) is 14.4. The van der Waals surface area contributed by atoms with E-state index in [-0.39, 0.29) is 0 Å². The maximum absolute atomic E-state index is 6.14. The molecule has 0 radical (unpaired) electrons. The van der Waals surface area contributed by atoms with Gasteiger partial charge in [0.1, 0.15) is 5.70 Å². The average Bonchev–Trinajstić information content (AvgIpc) is 2.92. The Labute approximate surface area is 158 Å². The van der Waals surface area contributed by atoms with Crippen LogP contribution < -0.4 is 5.32 Å². The smallest absolute Gasteiger partial charge is 0.260 e. The normalized spacial score (nSPS) is 19.9. The molecule has 1 N–H and O–H groups in total. The molecule has 24 heavy (non-hydrogen) atoms. The van der Waals surface area contributed by atoms with Gasteiger partial charge in [-0.15, -0.1) is 0 Å². The highest BCUT2D eigenvalue weighted by Gasteiger charge is 2.40. The van der Waals surface area contributed by atoms with Crippen molar-refractivity contribution in [1.82, 2.24) is 5.32 Å². The van der Waals surface area contributed by atoms with Crippen LogP contribution in [0.25, 0.3) is 0 Å². The summed E-state index contributed by atoms with van der Waals surface area (Å²) < 4.78 is 6.24. The minimum Gasteiger partial charge on any atom is -0.419 e. The van der Waals surface area contributed by atoms with E-state index in [2.05, 4.69) is 32.2 Å². The topological polar surface area (TPSA) is 33.6 Å². The van der Waals surface area contributed by atoms with Crippen LogP contribution in [0.4, 0.5) is 0 Å². The number of hydrogen-bond acceptors (Lipinski definition) is 4. The minimum absolute atomic E-state index is 0.325. The second-order valence-electron chi connectivity index (χ2n) is 5.81. The van der Waals surface area contributed by atoms with Crippen LogP contribution in [0.3, 0.4) is 0 Å². The second kappa shape index (κ2) is 8.34. The van der Waals surface area contributed by atoms with E-state index in [4.69, 9.17) is 33.5 Å². The number of rotatable bonds is 6. The van der Waals surface area contributed by atoms with Gasteiger partial charge in [0, 0.05) is 22.9 Å². The lowest BCUT2D eigenvalue weighted by Gasteiger charge is -2.30. The van der Waals surface area contributed by atoms with Crippen LogP contribution in [0, 0.1) is 5.92 Å². The van der Waals surface area contributed by atoms with Gasteiger partial charge in [-0.1, -0.05) is 31.5 Å². The quantitative estimate of drug-likeness (QED) is 0.573. The molecule has 0 aliphatic carbocycles. The summed E-state index contributed by atoms with van der Waals surface area (Å²) in [6, 6.07) is 7.87. The van der Waals surface area contributed by atoms with E-state index in [0.29, 0.717) is 22.3 Å². The SMILES string of the molecule is CC[N+]1(COC(=S)NC)C=NC(C(C)C)=C1Sc1cccc(Cl)c1. The molecule has 0 amide bonds. The second-order valence-corrected chi connectivity index (χ2v) is 7.68. The van der Waals surface area contributed by atoms with Gasteiger partial charge >= 0.3 is 0 Å². The Morgan fingerprint density at radius 1 is 1.46 bits per heavy atom. The van der Waals surface area contributed by atoms with Crippen molar-refractivity contribution in [2.24, 2.45) is 10.9 Å². The third-order valence-electron chi connectivity index (χ3n) is 3.79. The molecule has 0 spiro atoms. The fraction of sp³-hybridized carbons (Fsp3) is 0.412. The van der Waals surface area contributed by atoms with Crippen molar-refractivity contribution < 1.29 is 9.22 Å². The van der Waals surface area contributed by atoms with E-state index in [1.165, 1.54) is 0 Å². The predicted molar refractivity (Wildman–Crippen MR) is 106 cm³/mol. The van der Waals surface area contributed by atoms with E-state index in [1.807, 2.05) is 24.5 Å². The number of benzene rings is 1. The van der Waals surface area contributed by atoms with Crippen molar-refractivity contribution >= 4 is 47.1 Å². The van der Waals surface area contributed by atoms with Crippen LogP contribution >= 0.6 is 35.6 Å². The number of nitrogens with one attached hydrogen (secondary N) is 1. The van der Waals surface area contributed by atoms with Gasteiger partial charge < -0.3 is 10.1 Å². The standard InChI is InChI=1S/C17H22ClN3OS2/c1-5-21(11-22-17(23)19-4)10-20-15(12(2)3)16(21)24-14-8-6-7-13(18)9-14/h6-10,12H,5,11H2,1-4H3/p+1. The van der Waals surface area contributed by atoms with Crippen LogP contribution in [-0.2, 0) is 4.74 Å². The van der Waals surface area contributed by atoms with Crippen molar-refractivity contribution in [3.63, 3.8) is 0 Å². The predicted octanol–water partition coefficient (Wildman–Crippen LogP) is 4.61. The molecule has 1 aliphatic heterocycles. The summed E-state index contributed by atoms with van der Waals surface area (Å²) >= 11 is 13.0. The molecule has 2 rings (SSSR count).